The summed E-state index contributed by atoms with van der Waals surface area (Å²) in [6, 6.07) is 3.72. The van der Waals surface area contributed by atoms with Crippen molar-refractivity contribution in [3.05, 3.63) is 30.4 Å². The lowest BCUT2D eigenvalue weighted by Crippen LogP contribution is -2.07. The van der Waals surface area contributed by atoms with Gasteiger partial charge in [-0.25, -0.2) is 0 Å². The van der Waals surface area contributed by atoms with Crippen LogP contribution in [0.15, 0.2) is 29.0 Å². The maximum absolute atomic E-state index is 5.41. The monoisotopic (exact) mass is 163 g/mol. The Bertz CT molecular complexity index is 388. The number of nitrogen functional groups attached to an aromatic ring is 1. The molecular weight excluding hydrogens is 154 g/mol. The van der Waals surface area contributed by atoms with E-state index in [2.05, 4.69) is 5.10 Å². The van der Waals surface area contributed by atoms with Gasteiger partial charge in [0.15, 0.2) is 0 Å². The Balaban J connectivity index is 2.50. The molecule has 2 N–H and O–H groups in total. The molecule has 2 aromatic rings. The summed E-state index contributed by atoms with van der Waals surface area (Å²) in [6.45, 7) is 1.89. The zero-order chi connectivity index (χ0) is 8.55. The molecule has 0 bridgehead atoms. The fraction of sp³-hybridized carbons (Fsp3) is 0.125. The molecule has 2 heterocycles. The first kappa shape index (κ1) is 6.97. The summed E-state index contributed by atoms with van der Waals surface area (Å²) in [4.78, 5) is 1.28. The summed E-state index contributed by atoms with van der Waals surface area (Å²) < 4.78 is 5.14. The molecule has 0 saturated carbocycles. The van der Waals surface area contributed by atoms with Crippen molar-refractivity contribution in [1.29, 1.82) is 0 Å². The van der Waals surface area contributed by atoms with Crippen LogP contribution in [0.1, 0.15) is 5.76 Å². The second-order valence-electron chi connectivity index (χ2n) is 2.57. The van der Waals surface area contributed by atoms with E-state index in [9.17, 15) is 0 Å². The van der Waals surface area contributed by atoms with Crippen molar-refractivity contribution in [2.75, 3.05) is 5.84 Å². The van der Waals surface area contributed by atoms with Crippen molar-refractivity contribution < 1.29 is 4.42 Å². The summed E-state index contributed by atoms with van der Waals surface area (Å²) in [7, 11) is 0. The number of rotatable bonds is 1. The van der Waals surface area contributed by atoms with E-state index in [1.54, 1.807) is 12.5 Å². The Morgan fingerprint density at radius 3 is 2.83 bits per heavy atom. The normalized spacial score (nSPS) is 10.4. The minimum atomic E-state index is 0.837. The van der Waals surface area contributed by atoms with Crippen LogP contribution >= 0.6 is 0 Å². The molecule has 2 aromatic heterocycles. The van der Waals surface area contributed by atoms with Crippen molar-refractivity contribution in [1.82, 2.24) is 9.89 Å². The summed E-state index contributed by atoms with van der Waals surface area (Å²) in [5.74, 6) is 6.26. The highest BCUT2D eigenvalue weighted by Crippen LogP contribution is 2.21. The fourth-order valence-electron chi connectivity index (χ4n) is 1.13. The third kappa shape index (κ3) is 0.972. The van der Waals surface area contributed by atoms with Crippen LogP contribution in [0.4, 0.5) is 0 Å². The first-order valence-corrected chi connectivity index (χ1v) is 3.62. The van der Waals surface area contributed by atoms with Gasteiger partial charge in [-0.15, -0.1) is 0 Å². The number of nitrogens with two attached hydrogens (primary N) is 1. The van der Waals surface area contributed by atoms with Crippen LogP contribution in [0.2, 0.25) is 0 Å². The Kier molecular flexibility index (Phi) is 1.40. The molecule has 0 radical (unpaired) electrons. The van der Waals surface area contributed by atoms with Gasteiger partial charge < -0.3 is 10.3 Å². The molecule has 0 aromatic carbocycles. The van der Waals surface area contributed by atoms with Gasteiger partial charge in [-0.3, -0.25) is 0 Å². The van der Waals surface area contributed by atoms with Gasteiger partial charge in [-0.1, -0.05) is 0 Å². The molecule has 62 valence electrons. The average molecular weight is 163 g/mol. The van der Waals surface area contributed by atoms with E-state index in [1.807, 2.05) is 19.1 Å². The van der Waals surface area contributed by atoms with Crippen LogP contribution in [0.3, 0.4) is 0 Å². The number of nitrogens with zero attached hydrogens (tertiary/aromatic N) is 2. The highest BCUT2D eigenvalue weighted by molar-refractivity contribution is 5.60. The Morgan fingerprint density at radius 1 is 1.50 bits per heavy atom. The second kappa shape index (κ2) is 2.41. The molecule has 4 heteroatoms. The van der Waals surface area contributed by atoms with E-state index in [1.165, 1.54) is 4.79 Å². The third-order valence-electron chi connectivity index (χ3n) is 1.74. The van der Waals surface area contributed by atoms with Gasteiger partial charge in [0.05, 0.1) is 12.0 Å². The maximum atomic E-state index is 5.41. The highest BCUT2D eigenvalue weighted by atomic mass is 16.3. The lowest BCUT2D eigenvalue weighted by molar-refractivity contribution is 0.535. The number of aryl methyl sites for hydroxylation is 1. The van der Waals surface area contributed by atoms with Gasteiger partial charge in [0.25, 0.3) is 0 Å². The molecule has 0 aliphatic heterocycles. The quantitative estimate of drug-likeness (QED) is 0.642. The summed E-state index contributed by atoms with van der Waals surface area (Å²) in [5, 5.41) is 4.05. The van der Waals surface area contributed by atoms with Crippen LogP contribution in [-0.4, -0.2) is 9.89 Å². The third-order valence-corrected chi connectivity index (χ3v) is 1.74. The van der Waals surface area contributed by atoms with E-state index in [0.717, 1.165) is 17.0 Å². The van der Waals surface area contributed by atoms with Crippen LogP contribution in [0.5, 0.6) is 0 Å². The zero-order valence-electron chi connectivity index (χ0n) is 6.69. The van der Waals surface area contributed by atoms with Crippen molar-refractivity contribution >= 4 is 0 Å². The molecule has 0 aliphatic carbocycles. The minimum absolute atomic E-state index is 0.837. The van der Waals surface area contributed by atoms with Gasteiger partial charge in [-0.05, 0) is 19.1 Å². The van der Waals surface area contributed by atoms with Gasteiger partial charge >= 0.3 is 0 Å². The molecule has 0 saturated heterocycles. The molecule has 0 amide bonds. The predicted molar refractivity (Wildman–Crippen MR) is 44.8 cm³/mol. The van der Waals surface area contributed by atoms with E-state index in [0.29, 0.717) is 0 Å². The number of hydrogen-bond acceptors (Lipinski definition) is 3. The molecule has 0 atom stereocenters. The van der Waals surface area contributed by atoms with Crippen LogP contribution < -0.4 is 5.84 Å². The largest absolute Gasteiger partial charge is 0.469 e. The Hall–Kier alpha value is -1.71. The van der Waals surface area contributed by atoms with E-state index < -0.39 is 0 Å². The Morgan fingerprint density at radius 2 is 2.33 bits per heavy atom. The SMILES string of the molecule is Cc1occc1-c1ccn(N)n1. The average Bonchev–Trinajstić information content (AvgIpc) is 2.58. The van der Waals surface area contributed by atoms with Crippen molar-refractivity contribution in [3.8, 4) is 11.3 Å². The molecule has 0 spiro atoms. The molecule has 12 heavy (non-hydrogen) atoms. The Labute approximate surface area is 69.6 Å². The number of hydrogen-bond donors (Lipinski definition) is 1. The van der Waals surface area contributed by atoms with E-state index in [-0.39, 0.29) is 0 Å². The number of aromatic nitrogens is 2. The van der Waals surface area contributed by atoms with Gasteiger partial charge in [0, 0.05) is 11.8 Å². The molecular formula is C8H9N3O. The first-order chi connectivity index (χ1) is 5.77. The zero-order valence-corrected chi connectivity index (χ0v) is 6.69. The van der Waals surface area contributed by atoms with Crippen molar-refractivity contribution in [2.45, 2.75) is 6.92 Å². The lowest BCUT2D eigenvalue weighted by atomic mass is 10.2. The van der Waals surface area contributed by atoms with E-state index in [4.69, 9.17) is 10.3 Å². The maximum Gasteiger partial charge on any atom is 0.110 e. The van der Waals surface area contributed by atoms with Crippen LogP contribution in [0, 0.1) is 6.92 Å². The molecule has 0 unspecified atom stereocenters. The topological polar surface area (TPSA) is 57.0 Å². The molecule has 0 aliphatic rings. The lowest BCUT2D eigenvalue weighted by Gasteiger charge is -1.91. The van der Waals surface area contributed by atoms with Gasteiger partial charge in [0.1, 0.15) is 5.76 Å². The van der Waals surface area contributed by atoms with Crippen molar-refractivity contribution in [2.24, 2.45) is 0 Å². The fourth-order valence-corrected chi connectivity index (χ4v) is 1.13. The number of furan rings is 1. The van der Waals surface area contributed by atoms with Gasteiger partial charge in [0.2, 0.25) is 0 Å². The minimum Gasteiger partial charge on any atom is -0.469 e. The molecule has 4 nitrogen and oxygen atoms in total. The highest BCUT2D eigenvalue weighted by Gasteiger charge is 2.06. The smallest absolute Gasteiger partial charge is 0.110 e. The summed E-state index contributed by atoms with van der Waals surface area (Å²) >= 11 is 0. The van der Waals surface area contributed by atoms with Gasteiger partial charge in [-0.2, -0.15) is 9.89 Å². The van der Waals surface area contributed by atoms with Crippen LogP contribution in [0.25, 0.3) is 11.3 Å². The standard InChI is InChI=1S/C8H9N3O/c1-6-7(3-5-12-6)8-2-4-11(9)10-8/h2-5H,9H2,1H3. The second-order valence-corrected chi connectivity index (χ2v) is 2.57. The summed E-state index contributed by atoms with van der Waals surface area (Å²) in [6.07, 6.45) is 3.34. The molecule has 2 rings (SSSR count). The van der Waals surface area contributed by atoms with Crippen LogP contribution in [-0.2, 0) is 0 Å². The first-order valence-electron chi connectivity index (χ1n) is 3.62. The van der Waals surface area contributed by atoms with Crippen molar-refractivity contribution in [3.63, 3.8) is 0 Å². The van der Waals surface area contributed by atoms with E-state index >= 15 is 0 Å². The predicted octanol–water partition coefficient (Wildman–Crippen LogP) is 1.17. The summed E-state index contributed by atoms with van der Waals surface area (Å²) in [5.41, 5.74) is 1.82. The molecule has 0 fully saturated rings.